The molecule has 1 atom stereocenters. The zero-order valence-corrected chi connectivity index (χ0v) is 14.5. The van der Waals surface area contributed by atoms with Crippen molar-refractivity contribution in [3.05, 3.63) is 71.3 Å². The first-order valence-electron chi connectivity index (χ1n) is 7.48. The van der Waals surface area contributed by atoms with E-state index >= 15 is 0 Å². The van der Waals surface area contributed by atoms with Crippen LogP contribution in [-0.4, -0.2) is 10.8 Å². The molecule has 3 heteroatoms. The van der Waals surface area contributed by atoms with E-state index in [9.17, 15) is 4.79 Å². The number of rotatable bonds is 6. The maximum Gasteiger partial charge on any atom is 0.320 e. The summed E-state index contributed by atoms with van der Waals surface area (Å²) in [7, 11) is 0. The molecule has 2 aromatic rings. The van der Waals surface area contributed by atoms with Gasteiger partial charge in [-0.1, -0.05) is 84.4 Å². The average molecular weight is 361 g/mol. The Labute approximate surface area is 140 Å². The quantitative estimate of drug-likeness (QED) is 0.549. The topological polar surface area (TPSA) is 26.3 Å². The molecule has 0 saturated heterocycles. The Morgan fingerprint density at radius 2 is 1.50 bits per heavy atom. The molecule has 0 aliphatic heterocycles. The molecule has 0 fully saturated rings. The van der Waals surface area contributed by atoms with Crippen molar-refractivity contribution in [2.45, 2.75) is 31.7 Å². The molecule has 0 N–H and O–H groups in total. The minimum absolute atomic E-state index is 0.205. The summed E-state index contributed by atoms with van der Waals surface area (Å²) in [5.74, 6) is 0.0177. The van der Waals surface area contributed by atoms with Crippen molar-refractivity contribution < 1.29 is 9.53 Å². The third-order valence-electron chi connectivity index (χ3n) is 3.47. The monoisotopic (exact) mass is 360 g/mol. The lowest BCUT2D eigenvalue weighted by molar-refractivity contribution is -0.144. The maximum atomic E-state index is 11.8. The van der Waals surface area contributed by atoms with E-state index in [1.165, 1.54) is 11.1 Å². The van der Waals surface area contributed by atoms with Crippen LogP contribution >= 0.6 is 15.9 Å². The zero-order valence-electron chi connectivity index (χ0n) is 13.0. The molecule has 0 saturated carbocycles. The lowest BCUT2D eigenvalue weighted by atomic mass is 10.0. The van der Waals surface area contributed by atoms with E-state index in [1.54, 1.807) is 0 Å². The molecule has 2 nitrogen and oxygen atoms in total. The molecule has 0 aromatic heterocycles. The summed E-state index contributed by atoms with van der Waals surface area (Å²) >= 11 is 3.36. The highest BCUT2D eigenvalue weighted by molar-refractivity contribution is 9.10. The molecule has 2 aromatic carbocycles. The molecule has 0 aliphatic carbocycles. The fraction of sp³-hybridized carbons (Fsp3) is 0.316. The summed E-state index contributed by atoms with van der Waals surface area (Å²) in [6, 6.07) is 18.6. The average Bonchev–Trinajstić information content (AvgIpc) is 2.54. The van der Waals surface area contributed by atoms with Gasteiger partial charge in [0.05, 0.1) is 0 Å². The summed E-state index contributed by atoms with van der Waals surface area (Å²) in [6.45, 7) is 4.29. The maximum absolute atomic E-state index is 11.8. The molecule has 22 heavy (non-hydrogen) atoms. The molecular formula is C19H21BrO2. The predicted octanol–water partition coefficient (Wildman–Crippen LogP) is 4.74. The number of benzene rings is 2. The van der Waals surface area contributed by atoms with Gasteiger partial charge in [-0.2, -0.15) is 0 Å². The third-order valence-corrected chi connectivity index (χ3v) is 4.90. The Morgan fingerprint density at radius 1 is 0.955 bits per heavy atom. The fourth-order valence-corrected chi connectivity index (χ4v) is 2.22. The smallest absolute Gasteiger partial charge is 0.320 e. The van der Waals surface area contributed by atoms with Gasteiger partial charge in [-0.05, 0) is 29.0 Å². The van der Waals surface area contributed by atoms with Gasteiger partial charge in [-0.3, -0.25) is 4.79 Å². The van der Waals surface area contributed by atoms with Crippen molar-refractivity contribution in [1.82, 2.24) is 0 Å². The molecular weight excluding hydrogens is 340 g/mol. The van der Waals surface area contributed by atoms with Crippen molar-refractivity contribution >= 4 is 21.9 Å². The number of halogens is 1. The molecule has 0 aliphatic rings. The Balaban J connectivity index is 1.88. The van der Waals surface area contributed by atoms with Crippen LogP contribution in [0.15, 0.2) is 54.6 Å². The van der Waals surface area contributed by atoms with Crippen LogP contribution < -0.4 is 0 Å². The highest BCUT2D eigenvalue weighted by Crippen LogP contribution is 2.15. The summed E-state index contributed by atoms with van der Waals surface area (Å²) in [5.41, 5.74) is 3.55. The number of hydrogen-bond donors (Lipinski definition) is 0. The predicted molar refractivity (Wildman–Crippen MR) is 93.0 cm³/mol. The number of carbonyl (C=O) groups is 1. The Bertz CT molecular complexity index is 591. The van der Waals surface area contributed by atoms with Gasteiger partial charge in [0.15, 0.2) is 0 Å². The number of alkyl halides is 1. The Morgan fingerprint density at radius 3 is 2.09 bits per heavy atom. The SMILES string of the molecule is CC(C)C(Br)C(=O)OCc1ccc(Cc2ccccc2)cc1. The zero-order chi connectivity index (χ0) is 15.9. The van der Waals surface area contributed by atoms with E-state index in [4.69, 9.17) is 4.74 Å². The molecule has 0 amide bonds. The first-order valence-corrected chi connectivity index (χ1v) is 8.40. The summed E-state index contributed by atoms with van der Waals surface area (Å²) in [4.78, 5) is 11.6. The number of carbonyl (C=O) groups excluding carboxylic acids is 1. The van der Waals surface area contributed by atoms with Crippen molar-refractivity contribution in [1.29, 1.82) is 0 Å². The summed E-state index contributed by atoms with van der Waals surface area (Å²) in [6.07, 6.45) is 0.914. The van der Waals surface area contributed by atoms with Gasteiger partial charge in [0.2, 0.25) is 0 Å². The number of hydrogen-bond acceptors (Lipinski definition) is 2. The second-order valence-corrected chi connectivity index (χ2v) is 6.72. The van der Waals surface area contributed by atoms with E-state index in [-0.39, 0.29) is 16.7 Å². The number of ether oxygens (including phenoxy) is 1. The van der Waals surface area contributed by atoms with E-state index in [0.29, 0.717) is 6.61 Å². The third kappa shape index (κ3) is 4.99. The molecule has 0 radical (unpaired) electrons. The van der Waals surface area contributed by atoms with Gasteiger partial charge in [-0.25, -0.2) is 0 Å². The fourth-order valence-electron chi connectivity index (χ4n) is 2.09. The van der Waals surface area contributed by atoms with E-state index < -0.39 is 0 Å². The Hall–Kier alpha value is -1.61. The molecule has 2 rings (SSSR count). The van der Waals surface area contributed by atoms with Gasteiger partial charge >= 0.3 is 5.97 Å². The van der Waals surface area contributed by atoms with Gasteiger partial charge < -0.3 is 4.74 Å². The summed E-state index contributed by atoms with van der Waals surface area (Å²) < 4.78 is 5.32. The second kappa shape index (κ2) is 8.14. The normalized spacial score (nSPS) is 12.2. The van der Waals surface area contributed by atoms with E-state index in [0.717, 1.165) is 12.0 Å². The lowest BCUT2D eigenvalue weighted by Gasteiger charge is -2.13. The van der Waals surface area contributed by atoms with Crippen LogP contribution in [0.2, 0.25) is 0 Å². The standard InChI is InChI=1S/C19H21BrO2/c1-14(2)18(20)19(21)22-13-17-10-8-16(9-11-17)12-15-6-4-3-5-7-15/h3-11,14,18H,12-13H2,1-2H3. The van der Waals surface area contributed by atoms with Crippen LogP contribution in [0.5, 0.6) is 0 Å². The van der Waals surface area contributed by atoms with Crippen molar-refractivity contribution in [3.63, 3.8) is 0 Å². The molecule has 0 spiro atoms. The first-order chi connectivity index (χ1) is 10.6. The lowest BCUT2D eigenvalue weighted by Crippen LogP contribution is -2.22. The van der Waals surface area contributed by atoms with Gasteiger partial charge in [0, 0.05) is 0 Å². The van der Waals surface area contributed by atoms with E-state index in [2.05, 4.69) is 52.3 Å². The van der Waals surface area contributed by atoms with E-state index in [1.807, 2.05) is 32.0 Å². The van der Waals surface area contributed by atoms with Crippen LogP contribution in [0.1, 0.15) is 30.5 Å². The van der Waals surface area contributed by atoms with Crippen LogP contribution in [-0.2, 0) is 22.6 Å². The van der Waals surface area contributed by atoms with Crippen molar-refractivity contribution in [3.8, 4) is 0 Å². The van der Waals surface area contributed by atoms with Gasteiger partial charge in [-0.15, -0.1) is 0 Å². The largest absolute Gasteiger partial charge is 0.460 e. The van der Waals surface area contributed by atoms with Crippen LogP contribution in [0.3, 0.4) is 0 Å². The van der Waals surface area contributed by atoms with Crippen molar-refractivity contribution in [2.75, 3.05) is 0 Å². The summed E-state index contributed by atoms with van der Waals surface area (Å²) in [5, 5.41) is 0. The second-order valence-electron chi connectivity index (χ2n) is 5.73. The molecule has 1 unspecified atom stereocenters. The highest BCUT2D eigenvalue weighted by Gasteiger charge is 2.19. The Kier molecular flexibility index (Phi) is 6.20. The minimum Gasteiger partial charge on any atom is -0.460 e. The first kappa shape index (κ1) is 16.8. The van der Waals surface area contributed by atoms with Crippen LogP contribution in [0, 0.1) is 5.92 Å². The van der Waals surface area contributed by atoms with Crippen LogP contribution in [0.4, 0.5) is 0 Å². The van der Waals surface area contributed by atoms with Crippen molar-refractivity contribution in [2.24, 2.45) is 5.92 Å². The van der Waals surface area contributed by atoms with Gasteiger partial charge in [0.1, 0.15) is 11.4 Å². The van der Waals surface area contributed by atoms with Crippen LogP contribution in [0.25, 0.3) is 0 Å². The highest BCUT2D eigenvalue weighted by atomic mass is 79.9. The molecule has 0 bridgehead atoms. The van der Waals surface area contributed by atoms with Gasteiger partial charge in [0.25, 0.3) is 0 Å². The minimum atomic E-state index is -0.246. The molecule has 116 valence electrons. The molecule has 0 heterocycles. The number of esters is 1.